The van der Waals surface area contributed by atoms with Crippen molar-refractivity contribution in [3.05, 3.63) is 71.5 Å². The molecule has 0 aliphatic carbocycles. The van der Waals surface area contributed by atoms with Crippen molar-refractivity contribution < 1.29 is 9.53 Å². The van der Waals surface area contributed by atoms with Crippen molar-refractivity contribution in [3.8, 4) is 11.4 Å². The van der Waals surface area contributed by atoms with Gasteiger partial charge in [-0.3, -0.25) is 9.36 Å². The highest BCUT2D eigenvalue weighted by Gasteiger charge is 2.17. The Kier molecular flexibility index (Phi) is 7.01. The van der Waals surface area contributed by atoms with E-state index in [1.807, 2.05) is 66.2 Å². The van der Waals surface area contributed by atoms with E-state index in [4.69, 9.17) is 16.3 Å². The maximum atomic E-state index is 12.4. The molecule has 0 radical (unpaired) electrons. The molecule has 1 N–H and O–H groups in total. The molecule has 5 nitrogen and oxygen atoms in total. The third kappa shape index (κ3) is 5.30. The fraction of sp³-hybridized carbons (Fsp3) is 0.238. The van der Waals surface area contributed by atoms with Gasteiger partial charge in [0, 0.05) is 29.6 Å². The molecule has 0 saturated carbocycles. The lowest BCUT2D eigenvalue weighted by molar-refractivity contribution is -0.120. The normalized spacial score (nSPS) is 11.8. The molecule has 1 atom stereocenters. The van der Waals surface area contributed by atoms with Crippen LogP contribution < -0.4 is 10.1 Å². The monoisotopic (exact) mass is 415 g/mol. The van der Waals surface area contributed by atoms with E-state index in [2.05, 4.69) is 10.3 Å². The van der Waals surface area contributed by atoms with Crippen LogP contribution in [-0.4, -0.2) is 34.4 Å². The van der Waals surface area contributed by atoms with E-state index in [0.29, 0.717) is 11.6 Å². The number of ether oxygens (including phenoxy) is 1. The van der Waals surface area contributed by atoms with Gasteiger partial charge in [0.15, 0.2) is 5.16 Å². The van der Waals surface area contributed by atoms with E-state index in [1.165, 1.54) is 11.8 Å². The van der Waals surface area contributed by atoms with E-state index in [1.54, 1.807) is 13.3 Å². The summed E-state index contributed by atoms with van der Waals surface area (Å²) < 4.78 is 7.10. The largest absolute Gasteiger partial charge is 0.497 e. The van der Waals surface area contributed by atoms with Gasteiger partial charge in [-0.1, -0.05) is 35.5 Å². The Morgan fingerprint density at radius 2 is 1.93 bits per heavy atom. The molecular weight excluding hydrogens is 394 g/mol. The van der Waals surface area contributed by atoms with Gasteiger partial charge >= 0.3 is 0 Å². The van der Waals surface area contributed by atoms with Gasteiger partial charge in [0.25, 0.3) is 0 Å². The number of carbonyl (C=O) groups is 1. The number of halogens is 1. The van der Waals surface area contributed by atoms with Crippen LogP contribution in [0.25, 0.3) is 5.69 Å². The topological polar surface area (TPSA) is 56.1 Å². The number of amides is 1. The Morgan fingerprint density at radius 1 is 1.21 bits per heavy atom. The van der Waals surface area contributed by atoms with Crippen LogP contribution in [0.2, 0.25) is 5.02 Å². The predicted octanol–water partition coefficient (Wildman–Crippen LogP) is 4.37. The highest BCUT2D eigenvalue weighted by Crippen LogP contribution is 2.25. The molecule has 2 aromatic carbocycles. The van der Waals surface area contributed by atoms with Crippen molar-refractivity contribution >= 4 is 29.3 Å². The standard InChI is InChI=1S/C21H22ClN3O2S/c1-15(20(26)23-12-11-16-3-9-19(27-2)10-4-16)28-21-24-13-14-25(21)18-7-5-17(22)6-8-18/h3-10,13-15H,11-12H2,1-2H3,(H,23,26)/t15-/m0/s1. The first-order valence-corrected chi connectivity index (χ1v) is 10.2. The molecule has 146 valence electrons. The molecule has 1 aromatic heterocycles. The van der Waals surface area contributed by atoms with Crippen molar-refractivity contribution in [2.75, 3.05) is 13.7 Å². The van der Waals surface area contributed by atoms with E-state index < -0.39 is 0 Å². The molecule has 7 heteroatoms. The lowest BCUT2D eigenvalue weighted by atomic mass is 10.1. The number of thioether (sulfide) groups is 1. The van der Waals surface area contributed by atoms with Crippen LogP contribution in [0.1, 0.15) is 12.5 Å². The second kappa shape index (κ2) is 9.66. The number of methoxy groups -OCH3 is 1. The van der Waals surface area contributed by atoms with Crippen LogP contribution in [0.4, 0.5) is 0 Å². The maximum Gasteiger partial charge on any atom is 0.233 e. The summed E-state index contributed by atoms with van der Waals surface area (Å²) in [5, 5.41) is 4.18. The van der Waals surface area contributed by atoms with Gasteiger partial charge in [-0.25, -0.2) is 4.98 Å². The molecule has 0 saturated heterocycles. The van der Waals surface area contributed by atoms with Crippen LogP contribution >= 0.6 is 23.4 Å². The van der Waals surface area contributed by atoms with Gasteiger partial charge in [-0.05, 0) is 55.3 Å². The van der Waals surface area contributed by atoms with Gasteiger partial charge in [-0.15, -0.1) is 0 Å². The number of hydrogen-bond donors (Lipinski definition) is 1. The molecular formula is C21H22ClN3O2S. The van der Waals surface area contributed by atoms with Gasteiger partial charge in [0.2, 0.25) is 5.91 Å². The molecule has 0 fully saturated rings. The fourth-order valence-electron chi connectivity index (χ4n) is 2.65. The summed E-state index contributed by atoms with van der Waals surface area (Å²) in [5.74, 6) is 0.818. The van der Waals surface area contributed by atoms with Gasteiger partial charge in [0.1, 0.15) is 5.75 Å². The van der Waals surface area contributed by atoms with Crippen molar-refractivity contribution in [1.82, 2.24) is 14.9 Å². The Labute approximate surface area is 174 Å². The van der Waals surface area contributed by atoms with Crippen LogP contribution in [0, 0.1) is 0 Å². The summed E-state index contributed by atoms with van der Waals surface area (Å²) in [6.07, 6.45) is 4.37. The summed E-state index contributed by atoms with van der Waals surface area (Å²) in [6, 6.07) is 15.4. The summed E-state index contributed by atoms with van der Waals surface area (Å²) in [4.78, 5) is 16.8. The molecule has 28 heavy (non-hydrogen) atoms. The van der Waals surface area contributed by atoms with Crippen LogP contribution in [0.15, 0.2) is 66.1 Å². The van der Waals surface area contributed by atoms with Gasteiger partial charge in [0.05, 0.1) is 12.4 Å². The minimum absolute atomic E-state index is 0.0100. The van der Waals surface area contributed by atoms with E-state index in [0.717, 1.165) is 28.6 Å². The number of hydrogen-bond acceptors (Lipinski definition) is 4. The molecule has 0 aliphatic heterocycles. The Bertz CT molecular complexity index is 910. The van der Waals surface area contributed by atoms with Crippen LogP contribution in [-0.2, 0) is 11.2 Å². The fourth-order valence-corrected chi connectivity index (χ4v) is 3.69. The third-order valence-electron chi connectivity index (χ3n) is 4.23. The second-order valence-electron chi connectivity index (χ2n) is 6.21. The SMILES string of the molecule is COc1ccc(CCNC(=O)[C@H](C)Sc2nccn2-c2ccc(Cl)cc2)cc1. The molecule has 1 amide bonds. The minimum Gasteiger partial charge on any atom is -0.497 e. The zero-order valence-corrected chi connectivity index (χ0v) is 17.3. The highest BCUT2D eigenvalue weighted by atomic mass is 35.5. The number of nitrogens with one attached hydrogen (secondary N) is 1. The maximum absolute atomic E-state index is 12.4. The zero-order chi connectivity index (χ0) is 19.9. The summed E-state index contributed by atoms with van der Waals surface area (Å²) in [7, 11) is 1.65. The number of rotatable bonds is 8. The van der Waals surface area contributed by atoms with Crippen molar-refractivity contribution in [2.45, 2.75) is 23.8 Å². The third-order valence-corrected chi connectivity index (χ3v) is 5.57. The smallest absolute Gasteiger partial charge is 0.233 e. The number of imidazole rings is 1. The highest BCUT2D eigenvalue weighted by molar-refractivity contribution is 8.00. The molecule has 1 heterocycles. The first kappa shape index (κ1) is 20.3. The molecule has 0 spiro atoms. The summed E-state index contributed by atoms with van der Waals surface area (Å²) in [5.41, 5.74) is 2.11. The number of aromatic nitrogens is 2. The van der Waals surface area contributed by atoms with E-state index in [-0.39, 0.29) is 11.2 Å². The lowest BCUT2D eigenvalue weighted by Crippen LogP contribution is -2.32. The minimum atomic E-state index is -0.260. The first-order valence-electron chi connectivity index (χ1n) is 8.93. The molecule has 0 bridgehead atoms. The Balaban J connectivity index is 1.53. The number of carbonyl (C=O) groups excluding carboxylic acids is 1. The molecule has 0 aliphatic rings. The first-order chi connectivity index (χ1) is 13.6. The summed E-state index contributed by atoms with van der Waals surface area (Å²) in [6.45, 7) is 2.47. The van der Waals surface area contributed by atoms with E-state index in [9.17, 15) is 4.79 Å². The van der Waals surface area contributed by atoms with Crippen molar-refractivity contribution in [3.63, 3.8) is 0 Å². The summed E-state index contributed by atoms with van der Waals surface area (Å²) >= 11 is 7.38. The predicted molar refractivity (Wildman–Crippen MR) is 114 cm³/mol. The van der Waals surface area contributed by atoms with Crippen LogP contribution in [0.3, 0.4) is 0 Å². The average Bonchev–Trinajstić information content (AvgIpc) is 3.17. The molecule has 3 rings (SSSR count). The molecule has 0 unspecified atom stereocenters. The van der Waals surface area contributed by atoms with Gasteiger partial charge < -0.3 is 10.1 Å². The Hall–Kier alpha value is -2.44. The van der Waals surface area contributed by atoms with Crippen LogP contribution in [0.5, 0.6) is 5.75 Å². The molecule has 3 aromatic rings. The Morgan fingerprint density at radius 3 is 2.61 bits per heavy atom. The number of nitrogens with zero attached hydrogens (tertiary/aromatic N) is 2. The number of benzene rings is 2. The lowest BCUT2D eigenvalue weighted by Gasteiger charge is -2.13. The second-order valence-corrected chi connectivity index (χ2v) is 7.95. The van der Waals surface area contributed by atoms with Crippen molar-refractivity contribution in [2.24, 2.45) is 0 Å². The van der Waals surface area contributed by atoms with E-state index >= 15 is 0 Å². The average molecular weight is 416 g/mol. The quantitative estimate of drug-likeness (QED) is 0.555. The van der Waals surface area contributed by atoms with Gasteiger partial charge in [-0.2, -0.15) is 0 Å². The van der Waals surface area contributed by atoms with Crippen molar-refractivity contribution in [1.29, 1.82) is 0 Å². The zero-order valence-electron chi connectivity index (χ0n) is 15.8.